The van der Waals surface area contributed by atoms with Gasteiger partial charge >= 0.3 is 0 Å². The quantitative estimate of drug-likeness (QED) is 0.646. The fourth-order valence-electron chi connectivity index (χ4n) is 2.29. The minimum absolute atomic E-state index is 1.17. The van der Waals surface area contributed by atoms with Gasteiger partial charge in [0.25, 0.3) is 0 Å². The van der Waals surface area contributed by atoms with Crippen LogP contribution >= 0.6 is 0 Å². The molecule has 0 aliphatic carbocycles. The van der Waals surface area contributed by atoms with Crippen molar-refractivity contribution in [2.24, 2.45) is 0 Å². The van der Waals surface area contributed by atoms with E-state index in [2.05, 4.69) is 39.8 Å². The van der Waals surface area contributed by atoms with E-state index in [0.29, 0.717) is 0 Å². The molecule has 0 heteroatoms. The van der Waals surface area contributed by atoms with Crippen molar-refractivity contribution in [3.63, 3.8) is 0 Å². The minimum Gasteiger partial charge on any atom is -0.0651 e. The molecular formula is C16H25. The van der Waals surface area contributed by atoms with Gasteiger partial charge in [0.05, 0.1) is 0 Å². The van der Waals surface area contributed by atoms with E-state index in [0.717, 1.165) is 0 Å². The Morgan fingerprint density at radius 2 is 1.25 bits per heavy atom. The molecule has 0 fully saturated rings. The Labute approximate surface area is 101 Å². The lowest BCUT2D eigenvalue weighted by atomic mass is 9.92. The highest BCUT2D eigenvalue weighted by atomic mass is 14.1. The summed E-state index contributed by atoms with van der Waals surface area (Å²) in [6.07, 6.45) is 7.20. The molecule has 1 aromatic carbocycles. The van der Waals surface area contributed by atoms with Gasteiger partial charge in [0.1, 0.15) is 0 Å². The molecule has 0 aliphatic rings. The van der Waals surface area contributed by atoms with Gasteiger partial charge in [-0.1, -0.05) is 52.2 Å². The second-order valence-electron chi connectivity index (χ2n) is 4.64. The first kappa shape index (κ1) is 13.3. The van der Waals surface area contributed by atoms with Crippen LogP contribution in [0.15, 0.2) is 12.1 Å². The fourth-order valence-corrected chi connectivity index (χ4v) is 2.29. The van der Waals surface area contributed by atoms with E-state index in [4.69, 9.17) is 0 Å². The van der Waals surface area contributed by atoms with Crippen molar-refractivity contribution >= 4 is 0 Å². The smallest absolute Gasteiger partial charge is 0.0233 e. The molecule has 89 valence electrons. The molecule has 0 spiro atoms. The van der Waals surface area contributed by atoms with Gasteiger partial charge in [0.15, 0.2) is 0 Å². The number of rotatable bonds is 6. The first-order chi connectivity index (χ1) is 7.72. The van der Waals surface area contributed by atoms with Crippen LogP contribution in [0.2, 0.25) is 0 Å². The minimum atomic E-state index is 1.17. The highest BCUT2D eigenvalue weighted by Gasteiger charge is 2.06. The van der Waals surface area contributed by atoms with E-state index in [1.165, 1.54) is 60.8 Å². The predicted molar refractivity (Wildman–Crippen MR) is 72.9 cm³/mol. The number of aryl methyl sites for hydroxylation is 3. The molecule has 0 nitrogen and oxygen atoms in total. The Balaban J connectivity index is 3.05. The second kappa shape index (κ2) is 6.73. The van der Waals surface area contributed by atoms with Gasteiger partial charge in [-0.25, -0.2) is 0 Å². The largest absolute Gasteiger partial charge is 0.0651 e. The van der Waals surface area contributed by atoms with Crippen molar-refractivity contribution < 1.29 is 0 Å². The first-order valence-electron chi connectivity index (χ1n) is 6.69. The van der Waals surface area contributed by atoms with Gasteiger partial charge in [0, 0.05) is 0 Å². The number of hydrogen-bond acceptors (Lipinski definition) is 0. The summed E-state index contributed by atoms with van der Waals surface area (Å²) >= 11 is 0. The van der Waals surface area contributed by atoms with Crippen molar-refractivity contribution in [3.05, 3.63) is 41.3 Å². The number of hydrogen-bond donors (Lipinski definition) is 0. The summed E-state index contributed by atoms with van der Waals surface area (Å²) in [5.41, 5.74) is 5.74. The van der Waals surface area contributed by atoms with Gasteiger partial charge in [-0.05, 0) is 48.4 Å². The van der Waals surface area contributed by atoms with Crippen molar-refractivity contribution in [1.29, 1.82) is 0 Å². The molecule has 0 amide bonds. The van der Waals surface area contributed by atoms with Crippen LogP contribution in [-0.4, -0.2) is 0 Å². The number of benzene rings is 1. The molecule has 0 bridgehead atoms. The lowest BCUT2D eigenvalue weighted by Crippen LogP contribution is -1.99. The van der Waals surface area contributed by atoms with Crippen LogP contribution < -0.4 is 0 Å². The third-order valence-corrected chi connectivity index (χ3v) is 3.07. The maximum Gasteiger partial charge on any atom is -0.0233 e. The van der Waals surface area contributed by atoms with Crippen molar-refractivity contribution in [1.82, 2.24) is 0 Å². The molecule has 1 rings (SSSR count). The Kier molecular flexibility index (Phi) is 5.59. The molecule has 16 heavy (non-hydrogen) atoms. The third-order valence-electron chi connectivity index (χ3n) is 3.07. The monoisotopic (exact) mass is 217 g/mol. The molecule has 0 unspecified atom stereocenters. The summed E-state index contributed by atoms with van der Waals surface area (Å²) in [7, 11) is 0. The van der Waals surface area contributed by atoms with Gasteiger partial charge in [-0.2, -0.15) is 0 Å². The Hall–Kier alpha value is -0.780. The highest BCUT2D eigenvalue weighted by Crippen LogP contribution is 2.21. The summed E-state index contributed by atoms with van der Waals surface area (Å²) in [5, 5.41) is 0. The van der Waals surface area contributed by atoms with Crippen LogP contribution in [0.3, 0.4) is 0 Å². The van der Waals surface area contributed by atoms with Gasteiger partial charge in [0.2, 0.25) is 0 Å². The summed E-state index contributed by atoms with van der Waals surface area (Å²) in [5.74, 6) is 0. The average molecular weight is 217 g/mol. The molecule has 0 saturated carbocycles. The highest BCUT2D eigenvalue weighted by molar-refractivity contribution is 5.41. The van der Waals surface area contributed by atoms with Gasteiger partial charge < -0.3 is 0 Å². The van der Waals surface area contributed by atoms with Crippen LogP contribution in [0.4, 0.5) is 0 Å². The van der Waals surface area contributed by atoms with Gasteiger partial charge in [-0.3, -0.25) is 0 Å². The van der Waals surface area contributed by atoms with E-state index in [1.807, 2.05) is 0 Å². The molecule has 0 aromatic heterocycles. The van der Waals surface area contributed by atoms with E-state index in [1.54, 1.807) is 0 Å². The fraction of sp³-hybridized carbons (Fsp3) is 0.562. The Bertz CT molecular complexity index is 296. The molecule has 0 aliphatic heterocycles. The SMILES string of the molecule is [CH2]c1c(CCC)cc(CCC)cc1CCC. The van der Waals surface area contributed by atoms with Crippen LogP contribution in [-0.2, 0) is 19.3 Å². The molecular weight excluding hydrogens is 192 g/mol. The molecule has 1 radical (unpaired) electrons. The lowest BCUT2D eigenvalue weighted by molar-refractivity contribution is 0.864. The zero-order valence-electron chi connectivity index (χ0n) is 11.1. The Morgan fingerprint density at radius 3 is 1.62 bits per heavy atom. The molecule has 0 N–H and O–H groups in total. The molecule has 0 saturated heterocycles. The maximum absolute atomic E-state index is 4.26. The standard InChI is InChI=1S/C16H25/c1-5-8-14-11-15(9-6-2)13(4)16(12-14)10-7-3/h11-12H,4-10H2,1-3H3. The van der Waals surface area contributed by atoms with Crippen LogP contribution in [0.1, 0.15) is 62.3 Å². The third kappa shape index (κ3) is 3.37. The first-order valence-corrected chi connectivity index (χ1v) is 6.69. The van der Waals surface area contributed by atoms with Crippen LogP contribution in [0, 0.1) is 6.92 Å². The molecule has 0 heterocycles. The lowest BCUT2D eigenvalue weighted by Gasteiger charge is -2.13. The Morgan fingerprint density at radius 1 is 0.812 bits per heavy atom. The van der Waals surface area contributed by atoms with E-state index in [9.17, 15) is 0 Å². The van der Waals surface area contributed by atoms with E-state index in [-0.39, 0.29) is 0 Å². The van der Waals surface area contributed by atoms with Crippen molar-refractivity contribution in [3.8, 4) is 0 Å². The summed E-state index contributed by atoms with van der Waals surface area (Å²) < 4.78 is 0. The van der Waals surface area contributed by atoms with E-state index < -0.39 is 0 Å². The average Bonchev–Trinajstić information content (AvgIpc) is 2.26. The second-order valence-corrected chi connectivity index (χ2v) is 4.64. The van der Waals surface area contributed by atoms with Crippen LogP contribution in [0.25, 0.3) is 0 Å². The zero-order chi connectivity index (χ0) is 12.0. The summed E-state index contributed by atoms with van der Waals surface area (Å²) in [6.45, 7) is 11.0. The molecule has 0 atom stereocenters. The van der Waals surface area contributed by atoms with E-state index >= 15 is 0 Å². The van der Waals surface area contributed by atoms with Crippen LogP contribution in [0.5, 0.6) is 0 Å². The normalized spacial score (nSPS) is 10.8. The topological polar surface area (TPSA) is 0 Å². The van der Waals surface area contributed by atoms with Crippen molar-refractivity contribution in [2.75, 3.05) is 0 Å². The maximum atomic E-state index is 4.26. The summed E-state index contributed by atoms with van der Waals surface area (Å²) in [6, 6.07) is 4.74. The predicted octanol–water partition coefficient (Wildman–Crippen LogP) is 4.73. The van der Waals surface area contributed by atoms with Gasteiger partial charge in [-0.15, -0.1) is 0 Å². The van der Waals surface area contributed by atoms with Crippen molar-refractivity contribution in [2.45, 2.75) is 59.3 Å². The molecule has 1 aromatic rings. The summed E-state index contributed by atoms with van der Waals surface area (Å²) in [4.78, 5) is 0. The zero-order valence-corrected chi connectivity index (χ0v) is 11.1.